The van der Waals surface area contributed by atoms with Gasteiger partial charge in [0.1, 0.15) is 0 Å². The number of nitrogens with one attached hydrogen (secondary N) is 1. The Labute approximate surface area is 126 Å². The molecular formula is C15H24ClN3O. The number of likely N-dealkylation sites (N-methyl/N-ethyl adjacent to an activating group) is 1. The van der Waals surface area contributed by atoms with Crippen molar-refractivity contribution >= 4 is 11.6 Å². The maximum atomic E-state index is 10.2. The molecule has 0 amide bonds. The minimum atomic E-state index is -0.319. The molecule has 1 aromatic rings. The molecule has 2 N–H and O–H groups in total. The number of rotatable bonds is 6. The van der Waals surface area contributed by atoms with Gasteiger partial charge in [0.25, 0.3) is 0 Å². The van der Waals surface area contributed by atoms with E-state index in [0.717, 1.165) is 49.9 Å². The minimum Gasteiger partial charge on any atom is -0.390 e. The lowest BCUT2D eigenvalue weighted by atomic mass is 10.2. The van der Waals surface area contributed by atoms with Crippen molar-refractivity contribution in [2.45, 2.75) is 12.6 Å². The summed E-state index contributed by atoms with van der Waals surface area (Å²) in [6, 6.07) is 7.86. The molecule has 0 radical (unpaired) electrons. The van der Waals surface area contributed by atoms with Crippen LogP contribution in [0.15, 0.2) is 24.3 Å². The summed E-state index contributed by atoms with van der Waals surface area (Å²) in [5, 5.41) is 14.3. The topological polar surface area (TPSA) is 38.7 Å². The highest BCUT2D eigenvalue weighted by Gasteiger charge is 2.16. The van der Waals surface area contributed by atoms with Gasteiger partial charge in [-0.25, -0.2) is 0 Å². The Morgan fingerprint density at radius 1 is 1.35 bits per heavy atom. The zero-order chi connectivity index (χ0) is 14.4. The van der Waals surface area contributed by atoms with E-state index in [2.05, 4.69) is 15.1 Å². The van der Waals surface area contributed by atoms with Gasteiger partial charge in [0, 0.05) is 50.8 Å². The van der Waals surface area contributed by atoms with E-state index in [1.165, 1.54) is 0 Å². The van der Waals surface area contributed by atoms with E-state index < -0.39 is 0 Å². The van der Waals surface area contributed by atoms with Gasteiger partial charge in [-0.3, -0.25) is 9.80 Å². The highest BCUT2D eigenvalue weighted by atomic mass is 35.5. The van der Waals surface area contributed by atoms with Gasteiger partial charge in [-0.1, -0.05) is 29.8 Å². The van der Waals surface area contributed by atoms with Crippen LogP contribution in [-0.2, 0) is 6.54 Å². The van der Waals surface area contributed by atoms with Crippen LogP contribution in [0.4, 0.5) is 0 Å². The molecule has 0 bridgehead atoms. The van der Waals surface area contributed by atoms with Crippen LogP contribution >= 0.6 is 11.6 Å². The summed E-state index contributed by atoms with van der Waals surface area (Å²) in [6.45, 7) is 6.24. The van der Waals surface area contributed by atoms with E-state index in [1.807, 2.05) is 31.3 Å². The monoisotopic (exact) mass is 297 g/mol. The summed E-state index contributed by atoms with van der Waals surface area (Å²) in [5.74, 6) is 0. The standard InChI is InChI=1S/C15H24ClN3O/c1-18(10-13-4-2-3-5-15(13)16)11-14(20)12-19-8-6-17-7-9-19/h2-5,14,17,20H,6-12H2,1H3. The van der Waals surface area contributed by atoms with Gasteiger partial charge in [0.2, 0.25) is 0 Å². The maximum Gasteiger partial charge on any atom is 0.0793 e. The van der Waals surface area contributed by atoms with Crippen molar-refractivity contribution in [3.05, 3.63) is 34.9 Å². The molecule has 5 heteroatoms. The Morgan fingerprint density at radius 2 is 2.05 bits per heavy atom. The second kappa shape index (κ2) is 7.96. The number of aliphatic hydroxyl groups is 1. The van der Waals surface area contributed by atoms with Crippen LogP contribution in [0.2, 0.25) is 5.02 Å². The van der Waals surface area contributed by atoms with Crippen molar-refractivity contribution < 1.29 is 5.11 Å². The Kier molecular flexibility index (Phi) is 6.26. The van der Waals surface area contributed by atoms with Crippen molar-refractivity contribution in [3.63, 3.8) is 0 Å². The SMILES string of the molecule is CN(Cc1ccccc1Cl)CC(O)CN1CCNCC1. The van der Waals surface area contributed by atoms with Gasteiger partial charge < -0.3 is 10.4 Å². The third kappa shape index (κ3) is 5.04. The first-order valence-electron chi connectivity index (χ1n) is 7.18. The second-order valence-electron chi connectivity index (χ2n) is 5.49. The molecule has 1 aliphatic rings. The zero-order valence-corrected chi connectivity index (χ0v) is 12.8. The number of aliphatic hydroxyl groups excluding tert-OH is 1. The fraction of sp³-hybridized carbons (Fsp3) is 0.600. The molecule has 1 aromatic carbocycles. The maximum absolute atomic E-state index is 10.2. The van der Waals surface area contributed by atoms with Crippen LogP contribution in [0.25, 0.3) is 0 Å². The third-order valence-corrected chi connectivity index (χ3v) is 3.97. The second-order valence-corrected chi connectivity index (χ2v) is 5.90. The third-order valence-electron chi connectivity index (χ3n) is 3.60. The molecule has 0 spiro atoms. The number of benzene rings is 1. The molecule has 1 aliphatic heterocycles. The van der Waals surface area contributed by atoms with Crippen LogP contribution in [0.3, 0.4) is 0 Å². The molecule has 20 heavy (non-hydrogen) atoms. The fourth-order valence-electron chi connectivity index (χ4n) is 2.59. The Bertz CT molecular complexity index is 410. The van der Waals surface area contributed by atoms with Crippen LogP contribution in [0, 0.1) is 0 Å². The normalized spacial score (nSPS) is 18.4. The van der Waals surface area contributed by atoms with Gasteiger partial charge in [-0.2, -0.15) is 0 Å². The molecule has 1 fully saturated rings. The lowest BCUT2D eigenvalue weighted by Gasteiger charge is -2.30. The van der Waals surface area contributed by atoms with Crippen molar-refractivity contribution in [1.82, 2.24) is 15.1 Å². The highest BCUT2D eigenvalue weighted by Crippen LogP contribution is 2.16. The zero-order valence-electron chi connectivity index (χ0n) is 12.1. The van der Waals surface area contributed by atoms with Gasteiger partial charge in [0.05, 0.1) is 6.10 Å². The van der Waals surface area contributed by atoms with Crippen molar-refractivity contribution in [2.75, 3.05) is 46.3 Å². The van der Waals surface area contributed by atoms with Gasteiger partial charge in [0.15, 0.2) is 0 Å². The quantitative estimate of drug-likeness (QED) is 0.823. The predicted octanol–water partition coefficient (Wildman–Crippen LogP) is 1.04. The summed E-state index contributed by atoms with van der Waals surface area (Å²) >= 11 is 6.16. The molecule has 0 aliphatic carbocycles. The number of halogens is 1. The molecule has 112 valence electrons. The van der Waals surface area contributed by atoms with E-state index in [9.17, 15) is 5.11 Å². The van der Waals surface area contributed by atoms with Crippen LogP contribution in [0.5, 0.6) is 0 Å². The lowest BCUT2D eigenvalue weighted by Crippen LogP contribution is -2.48. The fourth-order valence-corrected chi connectivity index (χ4v) is 2.79. The van der Waals surface area contributed by atoms with Crippen molar-refractivity contribution in [3.8, 4) is 0 Å². The molecule has 2 rings (SSSR count). The first kappa shape index (κ1) is 15.7. The average Bonchev–Trinajstić information content (AvgIpc) is 2.42. The Morgan fingerprint density at radius 3 is 2.75 bits per heavy atom. The molecular weight excluding hydrogens is 274 g/mol. The van der Waals surface area contributed by atoms with E-state index in [-0.39, 0.29) is 6.10 Å². The Balaban J connectivity index is 1.75. The molecule has 1 atom stereocenters. The number of piperazine rings is 1. The number of hydrogen-bond acceptors (Lipinski definition) is 4. The minimum absolute atomic E-state index is 0.319. The molecule has 0 aromatic heterocycles. The van der Waals surface area contributed by atoms with Gasteiger partial charge in [-0.15, -0.1) is 0 Å². The first-order valence-corrected chi connectivity index (χ1v) is 7.56. The van der Waals surface area contributed by atoms with Gasteiger partial charge >= 0.3 is 0 Å². The number of β-amino-alcohol motifs (C(OH)–C–C–N with tert-alkyl or cyclic N) is 1. The summed E-state index contributed by atoms with van der Waals surface area (Å²) in [5.41, 5.74) is 1.10. The molecule has 1 heterocycles. The van der Waals surface area contributed by atoms with Crippen LogP contribution in [-0.4, -0.2) is 67.3 Å². The Hall–Kier alpha value is -0.650. The smallest absolute Gasteiger partial charge is 0.0793 e. The summed E-state index contributed by atoms with van der Waals surface area (Å²) in [4.78, 5) is 4.43. The molecule has 4 nitrogen and oxygen atoms in total. The first-order chi connectivity index (χ1) is 9.65. The van der Waals surface area contributed by atoms with Crippen LogP contribution in [0.1, 0.15) is 5.56 Å². The van der Waals surface area contributed by atoms with Gasteiger partial charge in [-0.05, 0) is 18.7 Å². The van der Waals surface area contributed by atoms with E-state index in [0.29, 0.717) is 6.54 Å². The summed E-state index contributed by atoms with van der Waals surface area (Å²) in [6.07, 6.45) is -0.319. The summed E-state index contributed by atoms with van der Waals surface area (Å²) in [7, 11) is 2.02. The summed E-state index contributed by atoms with van der Waals surface area (Å²) < 4.78 is 0. The number of nitrogens with zero attached hydrogens (tertiary/aromatic N) is 2. The van der Waals surface area contributed by atoms with Crippen molar-refractivity contribution in [2.24, 2.45) is 0 Å². The predicted molar refractivity (Wildman–Crippen MR) is 83.1 cm³/mol. The van der Waals surface area contributed by atoms with E-state index in [4.69, 9.17) is 11.6 Å². The van der Waals surface area contributed by atoms with E-state index >= 15 is 0 Å². The average molecular weight is 298 g/mol. The van der Waals surface area contributed by atoms with E-state index in [1.54, 1.807) is 0 Å². The molecule has 0 saturated carbocycles. The largest absolute Gasteiger partial charge is 0.390 e. The number of hydrogen-bond donors (Lipinski definition) is 2. The lowest BCUT2D eigenvalue weighted by molar-refractivity contribution is 0.0752. The van der Waals surface area contributed by atoms with Crippen LogP contribution < -0.4 is 5.32 Å². The molecule has 1 saturated heterocycles. The van der Waals surface area contributed by atoms with Crippen molar-refractivity contribution in [1.29, 1.82) is 0 Å². The molecule has 1 unspecified atom stereocenters. The highest BCUT2D eigenvalue weighted by molar-refractivity contribution is 6.31.